The predicted molar refractivity (Wildman–Crippen MR) is 119 cm³/mol. The lowest BCUT2D eigenvalue weighted by molar-refractivity contribution is -0.137. The lowest BCUT2D eigenvalue weighted by atomic mass is 10.2. The molecular formula is C20H15ClF3N7O2S. The van der Waals surface area contributed by atoms with E-state index in [0.29, 0.717) is 22.1 Å². The number of fused-ring (bicyclic) bond motifs is 1. The average molecular weight is 510 g/mol. The van der Waals surface area contributed by atoms with Gasteiger partial charge in [0.2, 0.25) is 0 Å². The monoisotopic (exact) mass is 509 g/mol. The largest absolute Gasteiger partial charge is 0.418 e. The smallest absolute Gasteiger partial charge is 0.342 e. The summed E-state index contributed by atoms with van der Waals surface area (Å²) in [6.07, 6.45) is 0.437. The molecule has 0 fully saturated rings. The first-order valence-electron chi connectivity index (χ1n) is 9.61. The molecule has 0 aliphatic carbocycles. The summed E-state index contributed by atoms with van der Waals surface area (Å²) >= 11 is 6.52. The number of nitrogens with zero attached hydrogens (tertiary/aromatic N) is 5. The van der Waals surface area contributed by atoms with Crippen LogP contribution in [0.5, 0.6) is 0 Å². The van der Waals surface area contributed by atoms with Gasteiger partial charge < -0.3 is 15.2 Å². The van der Waals surface area contributed by atoms with Crippen molar-refractivity contribution in [1.82, 2.24) is 29.8 Å². The van der Waals surface area contributed by atoms with E-state index in [1.807, 2.05) is 0 Å². The van der Waals surface area contributed by atoms with Gasteiger partial charge in [0.25, 0.3) is 11.8 Å². The zero-order valence-corrected chi connectivity index (χ0v) is 19.1. The van der Waals surface area contributed by atoms with Crippen molar-refractivity contribution in [3.63, 3.8) is 0 Å². The summed E-state index contributed by atoms with van der Waals surface area (Å²) in [7, 11) is 1.80. The van der Waals surface area contributed by atoms with Crippen LogP contribution in [-0.4, -0.2) is 36.3 Å². The molecule has 2 amide bonds. The Kier molecular flexibility index (Phi) is 6.23. The highest BCUT2D eigenvalue weighted by atomic mass is 35.5. The number of alkyl halides is 3. The number of carbonyl (C=O) groups is 2. The van der Waals surface area contributed by atoms with Crippen molar-refractivity contribution in [3.05, 3.63) is 63.2 Å². The lowest BCUT2D eigenvalue weighted by Crippen LogP contribution is -2.27. The number of hydrogen-bond acceptors (Lipinski definition) is 7. The first-order chi connectivity index (χ1) is 16.0. The first kappa shape index (κ1) is 23.6. The van der Waals surface area contributed by atoms with Gasteiger partial charge in [-0.25, -0.2) is 19.9 Å². The molecule has 0 saturated carbocycles. The van der Waals surface area contributed by atoms with Gasteiger partial charge in [0.05, 0.1) is 28.2 Å². The number of hydrogen-bond donors (Lipinski definition) is 2. The van der Waals surface area contributed by atoms with Gasteiger partial charge in [-0.05, 0) is 19.1 Å². The average Bonchev–Trinajstić information content (AvgIpc) is 3.42. The Bertz CT molecular complexity index is 1400. The maximum atomic E-state index is 13.0. The van der Waals surface area contributed by atoms with Crippen molar-refractivity contribution < 1.29 is 22.8 Å². The molecule has 4 rings (SSSR count). The molecule has 1 atom stereocenters. The van der Waals surface area contributed by atoms with Crippen LogP contribution in [0.4, 0.5) is 19.0 Å². The number of carbonyl (C=O) groups excluding carboxylic acids is 2. The van der Waals surface area contributed by atoms with Crippen molar-refractivity contribution in [2.24, 2.45) is 7.05 Å². The van der Waals surface area contributed by atoms with Crippen LogP contribution in [0.15, 0.2) is 37.1 Å². The Labute approximate surface area is 199 Å². The molecule has 1 unspecified atom stereocenters. The molecular weight excluding hydrogens is 495 g/mol. The van der Waals surface area contributed by atoms with E-state index in [1.54, 1.807) is 30.8 Å². The maximum Gasteiger partial charge on any atom is 0.418 e. The Hall–Kier alpha value is -3.58. The van der Waals surface area contributed by atoms with Crippen LogP contribution in [0.2, 0.25) is 5.02 Å². The molecule has 176 valence electrons. The third kappa shape index (κ3) is 4.70. The van der Waals surface area contributed by atoms with Crippen molar-refractivity contribution in [2.45, 2.75) is 19.1 Å². The number of anilines is 1. The first-order valence-corrected chi connectivity index (χ1v) is 10.8. The molecule has 0 radical (unpaired) electrons. The van der Waals surface area contributed by atoms with Crippen LogP contribution in [0.25, 0.3) is 11.0 Å². The van der Waals surface area contributed by atoms with Gasteiger partial charge in [0.15, 0.2) is 0 Å². The highest BCUT2D eigenvalue weighted by molar-refractivity contribution is 7.13. The van der Waals surface area contributed by atoms with Crippen LogP contribution in [-0.2, 0) is 13.2 Å². The number of halogens is 4. The van der Waals surface area contributed by atoms with E-state index in [0.717, 1.165) is 17.5 Å². The van der Waals surface area contributed by atoms with Gasteiger partial charge in [-0.1, -0.05) is 11.6 Å². The normalized spacial score (nSPS) is 12.5. The number of nitrogens with one attached hydrogen (secondary N) is 2. The summed E-state index contributed by atoms with van der Waals surface area (Å²) in [5, 5.41) is 5.49. The van der Waals surface area contributed by atoms with E-state index in [2.05, 4.69) is 30.6 Å². The lowest BCUT2D eigenvalue weighted by Gasteiger charge is -2.11. The molecule has 0 saturated heterocycles. The number of pyridine rings is 1. The summed E-state index contributed by atoms with van der Waals surface area (Å²) in [5.74, 6) is -1.46. The third-order valence-corrected chi connectivity index (χ3v) is 6.22. The minimum atomic E-state index is -4.69. The van der Waals surface area contributed by atoms with Crippen molar-refractivity contribution in [1.29, 1.82) is 0 Å². The SMILES string of the molecule is CC(NC(=O)c1ncnc2c1ccn2C)c1ncc(C(=O)Nc2cc(C(F)(F)F)c(Cl)cn2)s1. The molecule has 4 heterocycles. The molecule has 0 aromatic carbocycles. The molecule has 0 aliphatic rings. The highest BCUT2D eigenvalue weighted by Gasteiger charge is 2.34. The van der Waals surface area contributed by atoms with Crippen molar-refractivity contribution >= 4 is 51.6 Å². The second-order valence-electron chi connectivity index (χ2n) is 7.15. The fraction of sp³-hybridized carbons (Fsp3) is 0.200. The fourth-order valence-electron chi connectivity index (χ4n) is 3.08. The van der Waals surface area contributed by atoms with Crippen LogP contribution in [0.1, 0.15) is 43.7 Å². The summed E-state index contributed by atoms with van der Waals surface area (Å²) < 4.78 is 40.8. The van der Waals surface area contributed by atoms with Gasteiger partial charge in [0, 0.05) is 19.4 Å². The molecule has 4 aromatic rings. The van der Waals surface area contributed by atoms with Gasteiger partial charge in [-0.3, -0.25) is 9.59 Å². The summed E-state index contributed by atoms with van der Waals surface area (Å²) in [4.78, 5) is 41.4. The van der Waals surface area contributed by atoms with Crippen LogP contribution in [0, 0.1) is 0 Å². The van der Waals surface area contributed by atoms with Crippen LogP contribution < -0.4 is 10.6 Å². The second-order valence-corrected chi connectivity index (χ2v) is 8.61. The second kappa shape index (κ2) is 8.99. The molecule has 0 spiro atoms. The topological polar surface area (TPSA) is 115 Å². The van der Waals surface area contributed by atoms with Gasteiger partial charge in [-0.2, -0.15) is 13.2 Å². The zero-order chi connectivity index (χ0) is 24.6. The zero-order valence-electron chi connectivity index (χ0n) is 17.5. The van der Waals surface area contributed by atoms with E-state index in [1.165, 1.54) is 12.5 Å². The Morgan fingerprint density at radius 3 is 2.65 bits per heavy atom. The Morgan fingerprint density at radius 2 is 1.91 bits per heavy atom. The summed E-state index contributed by atoms with van der Waals surface area (Å²) in [6.45, 7) is 1.68. The van der Waals surface area contributed by atoms with E-state index in [9.17, 15) is 22.8 Å². The van der Waals surface area contributed by atoms with E-state index in [4.69, 9.17) is 11.6 Å². The number of amides is 2. The van der Waals surface area contributed by atoms with Crippen molar-refractivity contribution in [2.75, 3.05) is 5.32 Å². The Balaban J connectivity index is 1.46. The predicted octanol–water partition coefficient (Wildman–Crippen LogP) is 4.24. The van der Waals surface area contributed by atoms with Gasteiger partial charge in [-0.15, -0.1) is 11.3 Å². The summed E-state index contributed by atoms with van der Waals surface area (Å²) in [6, 6.07) is 1.81. The quantitative estimate of drug-likeness (QED) is 0.416. The summed E-state index contributed by atoms with van der Waals surface area (Å²) in [5.41, 5.74) is -0.315. The maximum absolute atomic E-state index is 13.0. The molecule has 14 heteroatoms. The van der Waals surface area contributed by atoms with Gasteiger partial charge >= 0.3 is 6.18 Å². The third-order valence-electron chi connectivity index (χ3n) is 4.74. The number of aryl methyl sites for hydroxylation is 1. The van der Waals surface area contributed by atoms with E-state index < -0.39 is 34.6 Å². The van der Waals surface area contributed by atoms with E-state index >= 15 is 0 Å². The minimum absolute atomic E-state index is 0.119. The molecule has 0 aliphatic heterocycles. The fourth-order valence-corrected chi connectivity index (χ4v) is 4.11. The van der Waals surface area contributed by atoms with Gasteiger partial charge in [0.1, 0.15) is 33.4 Å². The number of aromatic nitrogens is 5. The van der Waals surface area contributed by atoms with Crippen molar-refractivity contribution in [3.8, 4) is 0 Å². The standard InChI is InChI=1S/C20H15ClF3N7O2S/c1-9(29-18(33)15-10-3-4-31(2)16(10)28-8-27-15)19-26-7-13(34-19)17(32)30-14-5-11(20(22,23)24)12(21)6-25-14/h3-9H,1-2H3,(H,29,33)(H,25,30,32). The highest BCUT2D eigenvalue weighted by Crippen LogP contribution is 2.35. The van der Waals surface area contributed by atoms with Crippen LogP contribution >= 0.6 is 22.9 Å². The number of thiazole rings is 1. The van der Waals surface area contributed by atoms with E-state index in [-0.39, 0.29) is 16.4 Å². The minimum Gasteiger partial charge on any atom is -0.342 e. The Morgan fingerprint density at radius 1 is 1.15 bits per heavy atom. The molecule has 4 aromatic heterocycles. The number of rotatable bonds is 5. The molecule has 34 heavy (non-hydrogen) atoms. The molecule has 0 bridgehead atoms. The van der Waals surface area contributed by atoms with Crippen LogP contribution in [0.3, 0.4) is 0 Å². The molecule has 2 N–H and O–H groups in total. The molecule has 9 nitrogen and oxygen atoms in total.